The number of hydrogen-bond donors (Lipinski definition) is 1. The second kappa shape index (κ2) is 9.39. The van der Waals surface area contributed by atoms with Gasteiger partial charge in [0.25, 0.3) is 5.91 Å². The molecule has 0 bridgehead atoms. The largest absolute Gasteiger partial charge is 0.491 e. The van der Waals surface area contributed by atoms with Crippen molar-refractivity contribution in [2.75, 3.05) is 13.2 Å². The molecule has 1 aliphatic heterocycles. The quantitative estimate of drug-likeness (QED) is 0.639. The van der Waals surface area contributed by atoms with Crippen LogP contribution < -0.4 is 10.1 Å². The van der Waals surface area contributed by atoms with Gasteiger partial charge in [0.15, 0.2) is 0 Å². The summed E-state index contributed by atoms with van der Waals surface area (Å²) in [5.41, 5.74) is 2.81. The van der Waals surface area contributed by atoms with Crippen molar-refractivity contribution in [3.63, 3.8) is 0 Å². The summed E-state index contributed by atoms with van der Waals surface area (Å²) in [5, 5.41) is 7.20. The number of nitrogens with zero attached hydrogens (tertiary/aromatic N) is 2. The van der Waals surface area contributed by atoms with Crippen LogP contribution >= 0.6 is 0 Å². The fourth-order valence-electron chi connectivity index (χ4n) is 3.37. The molecule has 6 nitrogen and oxygen atoms in total. The van der Waals surface area contributed by atoms with Gasteiger partial charge < -0.3 is 14.8 Å². The van der Waals surface area contributed by atoms with Crippen LogP contribution in [0.5, 0.6) is 5.75 Å². The molecule has 1 atom stereocenters. The minimum Gasteiger partial charge on any atom is -0.491 e. The number of rotatable bonds is 8. The first-order chi connectivity index (χ1) is 14.3. The van der Waals surface area contributed by atoms with Crippen molar-refractivity contribution < 1.29 is 14.3 Å². The van der Waals surface area contributed by atoms with Crippen molar-refractivity contribution in [2.45, 2.75) is 32.0 Å². The van der Waals surface area contributed by atoms with Gasteiger partial charge in [-0.15, -0.1) is 0 Å². The summed E-state index contributed by atoms with van der Waals surface area (Å²) in [5.74, 6) is 0.650. The molecule has 0 radical (unpaired) electrons. The molecule has 1 aliphatic rings. The molecular formula is C23H25N3O3. The second-order valence-electron chi connectivity index (χ2n) is 7.18. The molecule has 1 amide bonds. The lowest BCUT2D eigenvalue weighted by Crippen LogP contribution is -2.22. The Kier molecular flexibility index (Phi) is 6.22. The van der Waals surface area contributed by atoms with Crippen LogP contribution in [-0.4, -0.2) is 35.0 Å². The fraction of sp³-hybridized carbons (Fsp3) is 0.304. The Bertz CT molecular complexity index is 917. The van der Waals surface area contributed by atoms with Crippen molar-refractivity contribution in [1.82, 2.24) is 15.1 Å². The molecule has 1 aromatic heterocycles. The summed E-state index contributed by atoms with van der Waals surface area (Å²) in [4.78, 5) is 12.5. The number of nitrogens with one attached hydrogen (secondary N) is 1. The highest BCUT2D eigenvalue weighted by molar-refractivity contribution is 5.94. The van der Waals surface area contributed by atoms with Crippen molar-refractivity contribution in [2.24, 2.45) is 0 Å². The number of carbonyl (C=O) groups is 1. The lowest BCUT2D eigenvalue weighted by Gasteiger charge is -2.12. The first kappa shape index (κ1) is 19.2. The van der Waals surface area contributed by atoms with Crippen LogP contribution in [0.2, 0.25) is 0 Å². The molecular weight excluding hydrogens is 366 g/mol. The van der Waals surface area contributed by atoms with E-state index < -0.39 is 0 Å². The summed E-state index contributed by atoms with van der Waals surface area (Å²) in [7, 11) is 0. The van der Waals surface area contributed by atoms with Crippen molar-refractivity contribution in [3.8, 4) is 5.75 Å². The molecule has 1 N–H and O–H groups in total. The third-order valence-corrected chi connectivity index (χ3v) is 4.92. The number of aromatic nitrogens is 2. The van der Waals surface area contributed by atoms with E-state index in [-0.39, 0.29) is 12.0 Å². The Morgan fingerprint density at radius 3 is 2.79 bits per heavy atom. The maximum absolute atomic E-state index is 12.5. The van der Waals surface area contributed by atoms with Gasteiger partial charge in [-0.1, -0.05) is 24.3 Å². The Balaban J connectivity index is 1.28. The predicted molar refractivity (Wildman–Crippen MR) is 110 cm³/mol. The van der Waals surface area contributed by atoms with Gasteiger partial charge in [0, 0.05) is 31.1 Å². The third-order valence-electron chi connectivity index (χ3n) is 4.92. The minimum absolute atomic E-state index is 0.104. The van der Waals surface area contributed by atoms with E-state index in [0.717, 1.165) is 36.3 Å². The average molecular weight is 391 g/mol. The standard InChI is InChI=1S/C23H25N3O3/c27-23(20-7-9-21(10-8-20)29-17-22-6-2-13-28-22)24-15-18-4-1-5-19(14-18)16-26-12-3-11-25-26/h1,3-5,7-12,14,22H,2,6,13,15-17H2,(H,24,27). The van der Waals surface area contributed by atoms with Crippen LogP contribution in [0.1, 0.15) is 34.3 Å². The smallest absolute Gasteiger partial charge is 0.251 e. The van der Waals surface area contributed by atoms with E-state index >= 15 is 0 Å². The number of benzene rings is 2. The van der Waals surface area contributed by atoms with Gasteiger partial charge >= 0.3 is 0 Å². The molecule has 0 aliphatic carbocycles. The van der Waals surface area contributed by atoms with Crippen LogP contribution in [-0.2, 0) is 17.8 Å². The topological polar surface area (TPSA) is 65.4 Å². The molecule has 1 fully saturated rings. The van der Waals surface area contributed by atoms with Gasteiger partial charge in [0.2, 0.25) is 0 Å². The molecule has 3 aromatic rings. The summed E-state index contributed by atoms with van der Waals surface area (Å²) >= 11 is 0. The zero-order valence-electron chi connectivity index (χ0n) is 16.3. The van der Waals surface area contributed by atoms with E-state index in [0.29, 0.717) is 25.3 Å². The molecule has 150 valence electrons. The number of hydrogen-bond acceptors (Lipinski definition) is 4. The normalized spacial score (nSPS) is 15.9. The molecule has 4 rings (SSSR count). The van der Waals surface area contributed by atoms with Gasteiger partial charge in [-0.3, -0.25) is 9.48 Å². The SMILES string of the molecule is O=C(NCc1cccc(Cn2cccn2)c1)c1ccc(OCC2CCCO2)cc1. The molecule has 1 saturated heterocycles. The molecule has 2 heterocycles. The third kappa shape index (κ3) is 5.45. The highest BCUT2D eigenvalue weighted by Gasteiger charge is 2.16. The van der Waals surface area contributed by atoms with Gasteiger partial charge in [-0.2, -0.15) is 5.10 Å². The summed E-state index contributed by atoms with van der Waals surface area (Å²) in [6.45, 7) is 2.56. The molecule has 1 unspecified atom stereocenters. The van der Waals surface area contributed by atoms with Crippen LogP contribution in [0.3, 0.4) is 0 Å². The van der Waals surface area contributed by atoms with E-state index in [1.165, 1.54) is 0 Å². The van der Waals surface area contributed by atoms with E-state index in [1.807, 2.05) is 41.2 Å². The predicted octanol–water partition coefficient (Wildman–Crippen LogP) is 3.42. The number of ether oxygens (including phenoxy) is 2. The van der Waals surface area contributed by atoms with Crippen LogP contribution in [0.15, 0.2) is 67.0 Å². The lowest BCUT2D eigenvalue weighted by molar-refractivity contribution is 0.0679. The highest BCUT2D eigenvalue weighted by Crippen LogP contribution is 2.17. The monoisotopic (exact) mass is 391 g/mol. The molecule has 0 spiro atoms. The van der Waals surface area contributed by atoms with Gasteiger partial charge in [0.1, 0.15) is 12.4 Å². The summed E-state index contributed by atoms with van der Waals surface area (Å²) in [6.07, 6.45) is 6.02. The van der Waals surface area contributed by atoms with E-state index in [4.69, 9.17) is 9.47 Å². The van der Waals surface area contributed by atoms with E-state index in [1.54, 1.807) is 18.3 Å². The zero-order chi connectivity index (χ0) is 19.9. The number of amides is 1. The molecule has 6 heteroatoms. The Morgan fingerprint density at radius 2 is 2.03 bits per heavy atom. The Hall–Kier alpha value is -3.12. The van der Waals surface area contributed by atoms with Gasteiger partial charge in [-0.05, 0) is 54.3 Å². The molecule has 29 heavy (non-hydrogen) atoms. The molecule has 2 aromatic carbocycles. The van der Waals surface area contributed by atoms with Crippen LogP contribution in [0, 0.1) is 0 Å². The Morgan fingerprint density at radius 1 is 1.17 bits per heavy atom. The highest BCUT2D eigenvalue weighted by atomic mass is 16.5. The number of carbonyl (C=O) groups excluding carboxylic acids is 1. The van der Waals surface area contributed by atoms with Crippen molar-refractivity contribution in [1.29, 1.82) is 0 Å². The minimum atomic E-state index is -0.104. The second-order valence-corrected chi connectivity index (χ2v) is 7.18. The van der Waals surface area contributed by atoms with Gasteiger partial charge in [0.05, 0.1) is 12.6 Å². The van der Waals surface area contributed by atoms with E-state index in [2.05, 4.69) is 22.5 Å². The van der Waals surface area contributed by atoms with Crippen molar-refractivity contribution in [3.05, 3.63) is 83.7 Å². The maximum atomic E-state index is 12.5. The lowest BCUT2D eigenvalue weighted by atomic mass is 10.1. The van der Waals surface area contributed by atoms with Crippen molar-refractivity contribution >= 4 is 5.91 Å². The van der Waals surface area contributed by atoms with Crippen LogP contribution in [0.25, 0.3) is 0 Å². The first-order valence-corrected chi connectivity index (χ1v) is 9.94. The zero-order valence-corrected chi connectivity index (χ0v) is 16.3. The summed E-state index contributed by atoms with van der Waals surface area (Å²) in [6, 6.07) is 17.3. The summed E-state index contributed by atoms with van der Waals surface area (Å²) < 4.78 is 13.2. The van der Waals surface area contributed by atoms with Crippen LogP contribution in [0.4, 0.5) is 0 Å². The first-order valence-electron chi connectivity index (χ1n) is 9.94. The Labute approximate surface area is 170 Å². The van der Waals surface area contributed by atoms with E-state index in [9.17, 15) is 4.79 Å². The molecule has 0 saturated carbocycles. The average Bonchev–Trinajstić information content (AvgIpc) is 3.45. The fourth-order valence-corrected chi connectivity index (χ4v) is 3.37. The van der Waals surface area contributed by atoms with Gasteiger partial charge in [-0.25, -0.2) is 0 Å². The maximum Gasteiger partial charge on any atom is 0.251 e.